The summed E-state index contributed by atoms with van der Waals surface area (Å²) in [5.41, 5.74) is 9.85. The molecule has 2 rings (SSSR count). The molecule has 0 atom stereocenters. The van der Waals surface area contributed by atoms with E-state index in [4.69, 9.17) is 10.5 Å². The van der Waals surface area contributed by atoms with Gasteiger partial charge in [0.25, 0.3) is 0 Å². The summed E-state index contributed by atoms with van der Waals surface area (Å²) in [7, 11) is 0. The fourth-order valence-corrected chi connectivity index (χ4v) is 2.44. The third-order valence-electron chi connectivity index (χ3n) is 2.75. The van der Waals surface area contributed by atoms with Crippen LogP contribution in [0.15, 0.2) is 40.9 Å². The molecular formula is C15H16BrNO. The van der Waals surface area contributed by atoms with Crippen LogP contribution in [0, 0.1) is 13.8 Å². The van der Waals surface area contributed by atoms with Crippen molar-refractivity contribution in [2.24, 2.45) is 0 Å². The van der Waals surface area contributed by atoms with Crippen molar-refractivity contribution in [2.45, 2.75) is 20.5 Å². The smallest absolute Gasteiger partial charge is 0.125 e. The van der Waals surface area contributed by atoms with Gasteiger partial charge in [-0.3, -0.25) is 0 Å². The molecule has 2 N–H and O–H groups in total. The molecule has 0 aliphatic rings. The first kappa shape index (κ1) is 13.0. The van der Waals surface area contributed by atoms with E-state index in [1.165, 1.54) is 0 Å². The second-order valence-electron chi connectivity index (χ2n) is 4.40. The van der Waals surface area contributed by atoms with Gasteiger partial charge in [-0.05, 0) is 54.8 Å². The highest BCUT2D eigenvalue weighted by Gasteiger charge is 2.05. The van der Waals surface area contributed by atoms with Crippen molar-refractivity contribution in [3.8, 4) is 5.75 Å². The summed E-state index contributed by atoms with van der Waals surface area (Å²) in [6, 6.07) is 12.0. The molecule has 2 aromatic rings. The highest BCUT2D eigenvalue weighted by molar-refractivity contribution is 9.10. The zero-order valence-electron chi connectivity index (χ0n) is 10.5. The number of rotatable bonds is 3. The topological polar surface area (TPSA) is 35.2 Å². The molecule has 0 amide bonds. The Morgan fingerprint density at radius 1 is 1.11 bits per heavy atom. The van der Waals surface area contributed by atoms with Crippen LogP contribution >= 0.6 is 15.9 Å². The lowest BCUT2D eigenvalue weighted by Crippen LogP contribution is -2.00. The summed E-state index contributed by atoms with van der Waals surface area (Å²) in [5.74, 6) is 0.921. The van der Waals surface area contributed by atoms with Crippen molar-refractivity contribution in [2.75, 3.05) is 5.73 Å². The highest BCUT2D eigenvalue weighted by Crippen LogP contribution is 2.26. The summed E-state index contributed by atoms with van der Waals surface area (Å²) in [5, 5.41) is 0. The molecule has 0 fully saturated rings. The summed E-state index contributed by atoms with van der Waals surface area (Å²) < 4.78 is 6.95. The Morgan fingerprint density at radius 2 is 1.78 bits per heavy atom. The molecule has 2 nitrogen and oxygen atoms in total. The van der Waals surface area contributed by atoms with Crippen molar-refractivity contribution in [1.82, 2.24) is 0 Å². The van der Waals surface area contributed by atoms with E-state index in [1.54, 1.807) is 0 Å². The van der Waals surface area contributed by atoms with Gasteiger partial charge in [-0.15, -0.1) is 0 Å². The molecule has 0 saturated carbocycles. The fraction of sp³-hybridized carbons (Fsp3) is 0.200. The lowest BCUT2D eigenvalue weighted by molar-refractivity contribution is 0.302. The number of nitrogens with two attached hydrogens (primary N) is 1. The molecule has 0 aliphatic heterocycles. The van der Waals surface area contributed by atoms with Crippen LogP contribution in [0.5, 0.6) is 5.75 Å². The number of aryl methyl sites for hydroxylation is 2. The van der Waals surface area contributed by atoms with E-state index in [2.05, 4.69) is 22.0 Å². The van der Waals surface area contributed by atoms with Gasteiger partial charge in [0.15, 0.2) is 0 Å². The van der Waals surface area contributed by atoms with Crippen molar-refractivity contribution >= 4 is 21.6 Å². The minimum absolute atomic E-state index is 0.561. The Morgan fingerprint density at radius 3 is 2.39 bits per heavy atom. The third kappa shape index (κ3) is 3.05. The van der Waals surface area contributed by atoms with E-state index in [0.717, 1.165) is 32.6 Å². The van der Waals surface area contributed by atoms with E-state index in [1.807, 2.05) is 44.2 Å². The molecule has 18 heavy (non-hydrogen) atoms. The first-order valence-electron chi connectivity index (χ1n) is 5.80. The summed E-state index contributed by atoms with van der Waals surface area (Å²) in [6.07, 6.45) is 0. The zero-order valence-corrected chi connectivity index (χ0v) is 12.1. The maximum atomic E-state index is 5.89. The zero-order chi connectivity index (χ0) is 13.1. The molecule has 0 radical (unpaired) electrons. The molecule has 0 saturated heterocycles. The minimum Gasteiger partial charge on any atom is -0.488 e. The Hall–Kier alpha value is -1.48. The van der Waals surface area contributed by atoms with Crippen LogP contribution in [0.25, 0.3) is 0 Å². The SMILES string of the molecule is Cc1cc(N)cc(C)c1OCc1cccc(Br)c1. The maximum Gasteiger partial charge on any atom is 0.125 e. The van der Waals surface area contributed by atoms with Gasteiger partial charge in [0.05, 0.1) is 0 Å². The first-order chi connectivity index (χ1) is 8.56. The van der Waals surface area contributed by atoms with Gasteiger partial charge in [-0.1, -0.05) is 28.1 Å². The van der Waals surface area contributed by atoms with Crippen molar-refractivity contribution in [3.63, 3.8) is 0 Å². The number of hydrogen-bond donors (Lipinski definition) is 1. The van der Waals surface area contributed by atoms with Crippen molar-refractivity contribution in [1.29, 1.82) is 0 Å². The van der Waals surface area contributed by atoms with Crippen LogP contribution in [0.2, 0.25) is 0 Å². The number of nitrogen functional groups attached to an aromatic ring is 1. The van der Waals surface area contributed by atoms with Crippen LogP contribution in [-0.4, -0.2) is 0 Å². The van der Waals surface area contributed by atoms with Crippen LogP contribution < -0.4 is 10.5 Å². The molecule has 2 aromatic carbocycles. The Balaban J connectivity index is 2.16. The van der Waals surface area contributed by atoms with Crippen LogP contribution in [0.3, 0.4) is 0 Å². The van der Waals surface area contributed by atoms with E-state index >= 15 is 0 Å². The molecule has 0 aliphatic carbocycles. The second-order valence-corrected chi connectivity index (χ2v) is 5.32. The maximum absolute atomic E-state index is 5.89. The second kappa shape index (κ2) is 5.44. The summed E-state index contributed by atoms with van der Waals surface area (Å²) in [6.45, 7) is 4.59. The van der Waals surface area contributed by atoms with Crippen LogP contribution in [0.1, 0.15) is 16.7 Å². The average Bonchev–Trinajstić information content (AvgIpc) is 2.27. The normalized spacial score (nSPS) is 10.4. The monoisotopic (exact) mass is 305 g/mol. The van der Waals surface area contributed by atoms with Gasteiger partial charge in [-0.25, -0.2) is 0 Å². The van der Waals surface area contributed by atoms with Gasteiger partial charge >= 0.3 is 0 Å². The molecule has 0 aromatic heterocycles. The first-order valence-corrected chi connectivity index (χ1v) is 6.59. The Bertz CT molecular complexity index is 543. The number of benzene rings is 2. The van der Waals surface area contributed by atoms with Crippen molar-refractivity contribution in [3.05, 3.63) is 57.6 Å². The van der Waals surface area contributed by atoms with E-state index < -0.39 is 0 Å². The molecule has 0 unspecified atom stereocenters. The average molecular weight is 306 g/mol. The summed E-state index contributed by atoms with van der Waals surface area (Å²) in [4.78, 5) is 0. The van der Waals surface area contributed by atoms with Gasteiger partial charge in [0.2, 0.25) is 0 Å². The molecular weight excluding hydrogens is 290 g/mol. The lowest BCUT2D eigenvalue weighted by Gasteiger charge is -2.13. The molecule has 3 heteroatoms. The van der Waals surface area contributed by atoms with Gasteiger partial charge < -0.3 is 10.5 Å². The number of anilines is 1. The largest absolute Gasteiger partial charge is 0.488 e. The molecule has 0 spiro atoms. The third-order valence-corrected chi connectivity index (χ3v) is 3.25. The van der Waals surface area contributed by atoms with Crippen molar-refractivity contribution < 1.29 is 4.74 Å². The highest BCUT2D eigenvalue weighted by atomic mass is 79.9. The van der Waals surface area contributed by atoms with E-state index in [0.29, 0.717) is 6.61 Å². The standard InChI is InChI=1S/C15H16BrNO/c1-10-6-14(17)7-11(2)15(10)18-9-12-4-3-5-13(16)8-12/h3-8H,9,17H2,1-2H3. The molecule has 94 valence electrons. The van der Waals surface area contributed by atoms with Crippen LogP contribution in [0.4, 0.5) is 5.69 Å². The number of ether oxygens (including phenoxy) is 1. The quantitative estimate of drug-likeness (QED) is 0.861. The summed E-state index contributed by atoms with van der Waals surface area (Å²) >= 11 is 3.45. The van der Waals surface area contributed by atoms with Crippen LogP contribution in [-0.2, 0) is 6.61 Å². The Kier molecular flexibility index (Phi) is 3.92. The van der Waals surface area contributed by atoms with Gasteiger partial charge in [-0.2, -0.15) is 0 Å². The predicted molar refractivity (Wildman–Crippen MR) is 78.8 cm³/mol. The van der Waals surface area contributed by atoms with Gasteiger partial charge in [0, 0.05) is 10.2 Å². The molecule has 0 heterocycles. The fourth-order valence-electron chi connectivity index (χ4n) is 1.99. The predicted octanol–water partition coefficient (Wildman–Crippen LogP) is 4.23. The van der Waals surface area contributed by atoms with E-state index in [9.17, 15) is 0 Å². The minimum atomic E-state index is 0.561. The number of halogens is 1. The molecule has 0 bridgehead atoms. The lowest BCUT2D eigenvalue weighted by atomic mass is 10.1. The Labute approximate surface area is 116 Å². The number of hydrogen-bond acceptors (Lipinski definition) is 2. The van der Waals surface area contributed by atoms with E-state index in [-0.39, 0.29) is 0 Å². The van der Waals surface area contributed by atoms with Gasteiger partial charge in [0.1, 0.15) is 12.4 Å².